The van der Waals surface area contributed by atoms with Crippen LogP contribution >= 0.6 is 15.9 Å². The van der Waals surface area contributed by atoms with Gasteiger partial charge in [0.25, 0.3) is 5.91 Å². The summed E-state index contributed by atoms with van der Waals surface area (Å²) in [7, 11) is 4.78. The number of amides is 1. The number of ether oxygens (including phenoxy) is 2. The van der Waals surface area contributed by atoms with E-state index in [1.54, 1.807) is 32.6 Å². The van der Waals surface area contributed by atoms with Gasteiger partial charge >= 0.3 is 0 Å². The van der Waals surface area contributed by atoms with E-state index in [1.165, 1.54) is 22.8 Å². The molecule has 0 aromatic carbocycles. The summed E-state index contributed by atoms with van der Waals surface area (Å²) in [6.45, 7) is 4.14. The number of rotatable bonds is 8. The number of nitriles is 1. The molecule has 0 aliphatic heterocycles. The number of fused-ring (bicyclic) bond motifs is 1. The predicted molar refractivity (Wildman–Crippen MR) is 132 cm³/mol. The first-order valence-electron chi connectivity index (χ1n) is 10.4. The van der Waals surface area contributed by atoms with Gasteiger partial charge in [-0.1, -0.05) is 12.7 Å². The Balaban J connectivity index is 1.53. The molecule has 1 N–H and O–H groups in total. The zero-order chi connectivity index (χ0) is 25.1. The Hall–Kier alpha value is -4.24. The fourth-order valence-electron chi connectivity index (χ4n) is 3.48. The number of carbonyl (C=O) groups is 1. The standard InChI is InChI=1S/C23H21BrN8O3/c1-5-13-18(10-25)32(3)30-21(13)23(33)31(2)6-7-35-19-12-27-20(34-4)9-14(19)16-8-15-17(11-26-16)28-29-22(15)24/h5,8-9,11-12H,1,6-7H2,2-4H3,(H,28,29). The van der Waals surface area contributed by atoms with Crippen molar-refractivity contribution < 1.29 is 14.3 Å². The number of halogens is 1. The number of likely N-dealkylation sites (N-methyl/N-ethyl adjacent to an activating group) is 1. The summed E-state index contributed by atoms with van der Waals surface area (Å²) in [4.78, 5) is 23.1. The van der Waals surface area contributed by atoms with Crippen LogP contribution in [0.3, 0.4) is 0 Å². The van der Waals surface area contributed by atoms with Gasteiger partial charge in [0.15, 0.2) is 5.69 Å². The lowest BCUT2D eigenvalue weighted by molar-refractivity contribution is 0.0767. The minimum absolute atomic E-state index is 0.163. The lowest BCUT2D eigenvalue weighted by atomic mass is 10.1. The van der Waals surface area contributed by atoms with Crippen LogP contribution in [0.4, 0.5) is 0 Å². The Morgan fingerprint density at radius 3 is 2.89 bits per heavy atom. The first-order valence-corrected chi connectivity index (χ1v) is 11.2. The van der Waals surface area contributed by atoms with Gasteiger partial charge in [-0.15, -0.1) is 0 Å². The molecule has 0 aliphatic rings. The van der Waals surface area contributed by atoms with Gasteiger partial charge in [-0.3, -0.25) is 19.6 Å². The summed E-state index contributed by atoms with van der Waals surface area (Å²) in [5, 5.41) is 21.4. The molecule has 0 saturated heterocycles. The van der Waals surface area contributed by atoms with Crippen LogP contribution in [-0.4, -0.2) is 68.1 Å². The van der Waals surface area contributed by atoms with Gasteiger partial charge in [-0.25, -0.2) is 4.98 Å². The summed E-state index contributed by atoms with van der Waals surface area (Å²) in [6, 6.07) is 5.66. The summed E-state index contributed by atoms with van der Waals surface area (Å²) >= 11 is 3.45. The van der Waals surface area contributed by atoms with E-state index in [2.05, 4.69) is 47.8 Å². The fraction of sp³-hybridized carbons (Fsp3) is 0.217. The van der Waals surface area contributed by atoms with Gasteiger partial charge in [0.2, 0.25) is 5.88 Å². The minimum atomic E-state index is -0.342. The Kier molecular flexibility index (Phi) is 6.79. The second-order valence-electron chi connectivity index (χ2n) is 7.47. The van der Waals surface area contributed by atoms with Gasteiger partial charge in [0, 0.05) is 36.7 Å². The number of hydrogen-bond acceptors (Lipinski definition) is 8. The molecule has 178 valence electrons. The molecule has 0 radical (unpaired) electrons. The average Bonchev–Trinajstić information content (AvgIpc) is 3.41. The molecule has 0 bridgehead atoms. The Morgan fingerprint density at radius 2 is 2.17 bits per heavy atom. The zero-order valence-electron chi connectivity index (χ0n) is 19.2. The highest BCUT2D eigenvalue weighted by molar-refractivity contribution is 9.10. The average molecular weight is 537 g/mol. The molecule has 4 aromatic rings. The SMILES string of the molecule is C=Cc1c(C(=O)N(C)CCOc2cnc(OC)cc2-c2cc3c(Br)[nH]nc3cn2)nn(C)c1C#N. The summed E-state index contributed by atoms with van der Waals surface area (Å²) < 4.78 is 13.4. The van der Waals surface area contributed by atoms with Gasteiger partial charge in [0.1, 0.15) is 34.2 Å². The van der Waals surface area contributed by atoms with Crippen LogP contribution < -0.4 is 9.47 Å². The number of nitrogens with zero attached hydrogens (tertiary/aromatic N) is 7. The highest BCUT2D eigenvalue weighted by Crippen LogP contribution is 2.33. The van der Waals surface area contributed by atoms with E-state index in [9.17, 15) is 10.1 Å². The molecular formula is C23H21BrN8O3. The Labute approximate surface area is 209 Å². The summed E-state index contributed by atoms with van der Waals surface area (Å²) in [5.74, 6) is 0.549. The summed E-state index contributed by atoms with van der Waals surface area (Å²) in [5.41, 5.74) is 2.89. The van der Waals surface area contributed by atoms with Crippen molar-refractivity contribution in [1.29, 1.82) is 5.26 Å². The van der Waals surface area contributed by atoms with Crippen LogP contribution in [-0.2, 0) is 7.05 Å². The van der Waals surface area contributed by atoms with E-state index in [0.717, 1.165) is 15.5 Å². The highest BCUT2D eigenvalue weighted by Gasteiger charge is 2.23. The number of hydrogen-bond donors (Lipinski definition) is 1. The zero-order valence-corrected chi connectivity index (χ0v) is 20.8. The van der Waals surface area contributed by atoms with Gasteiger partial charge in [0.05, 0.1) is 31.7 Å². The van der Waals surface area contributed by atoms with Crippen LogP contribution in [0.1, 0.15) is 21.7 Å². The molecule has 0 spiro atoms. The summed E-state index contributed by atoms with van der Waals surface area (Å²) in [6.07, 6.45) is 4.68. The van der Waals surface area contributed by atoms with Crippen molar-refractivity contribution in [2.75, 3.05) is 27.3 Å². The number of aromatic amines is 1. The van der Waals surface area contributed by atoms with Crippen LogP contribution in [0, 0.1) is 11.3 Å². The van der Waals surface area contributed by atoms with E-state index >= 15 is 0 Å². The topological polar surface area (TPSA) is 135 Å². The van der Waals surface area contributed by atoms with E-state index in [-0.39, 0.29) is 30.4 Å². The Bertz CT molecular complexity index is 1470. The quantitative estimate of drug-likeness (QED) is 0.362. The second kappa shape index (κ2) is 9.94. The van der Waals surface area contributed by atoms with Gasteiger partial charge in [-0.2, -0.15) is 15.5 Å². The van der Waals surface area contributed by atoms with Crippen molar-refractivity contribution in [3.05, 3.63) is 52.7 Å². The lowest BCUT2D eigenvalue weighted by Gasteiger charge is -2.18. The van der Waals surface area contributed by atoms with Crippen molar-refractivity contribution in [1.82, 2.24) is 34.8 Å². The van der Waals surface area contributed by atoms with E-state index in [1.807, 2.05) is 12.1 Å². The first-order chi connectivity index (χ1) is 16.9. The van der Waals surface area contributed by atoms with E-state index in [4.69, 9.17) is 9.47 Å². The minimum Gasteiger partial charge on any atom is -0.489 e. The number of aromatic nitrogens is 6. The van der Waals surface area contributed by atoms with Crippen LogP contribution in [0.25, 0.3) is 28.2 Å². The second-order valence-corrected chi connectivity index (χ2v) is 8.27. The number of aryl methyl sites for hydroxylation is 1. The maximum atomic E-state index is 12.9. The smallest absolute Gasteiger partial charge is 0.274 e. The fourth-order valence-corrected chi connectivity index (χ4v) is 3.89. The molecule has 0 aliphatic carbocycles. The normalized spacial score (nSPS) is 10.7. The molecule has 1 amide bonds. The van der Waals surface area contributed by atoms with Crippen molar-refractivity contribution in [2.45, 2.75) is 0 Å². The molecule has 0 atom stereocenters. The first kappa shape index (κ1) is 23.9. The lowest BCUT2D eigenvalue weighted by Crippen LogP contribution is -2.31. The number of H-pyrrole nitrogens is 1. The Morgan fingerprint density at radius 1 is 1.37 bits per heavy atom. The van der Waals surface area contributed by atoms with Crippen molar-refractivity contribution >= 4 is 38.8 Å². The number of nitrogens with one attached hydrogen (secondary N) is 1. The molecule has 0 fully saturated rings. The molecule has 11 nitrogen and oxygen atoms in total. The monoisotopic (exact) mass is 536 g/mol. The van der Waals surface area contributed by atoms with Crippen molar-refractivity contribution in [2.24, 2.45) is 7.05 Å². The third-order valence-corrected chi connectivity index (χ3v) is 5.95. The molecule has 0 unspecified atom stereocenters. The molecule has 12 heteroatoms. The maximum Gasteiger partial charge on any atom is 0.274 e. The van der Waals surface area contributed by atoms with Gasteiger partial charge in [-0.05, 0) is 22.0 Å². The van der Waals surface area contributed by atoms with E-state index in [0.29, 0.717) is 28.5 Å². The molecule has 35 heavy (non-hydrogen) atoms. The predicted octanol–water partition coefficient (Wildman–Crippen LogP) is 3.19. The third-order valence-electron chi connectivity index (χ3n) is 5.35. The molecule has 4 aromatic heterocycles. The van der Waals surface area contributed by atoms with Crippen molar-refractivity contribution in [3.63, 3.8) is 0 Å². The molecule has 0 saturated carbocycles. The maximum absolute atomic E-state index is 12.9. The van der Waals surface area contributed by atoms with Crippen molar-refractivity contribution in [3.8, 4) is 29.0 Å². The van der Waals surface area contributed by atoms with E-state index < -0.39 is 0 Å². The van der Waals surface area contributed by atoms with Gasteiger partial charge < -0.3 is 14.4 Å². The van der Waals surface area contributed by atoms with Crippen LogP contribution in [0.15, 0.2) is 35.7 Å². The molecular weight excluding hydrogens is 516 g/mol. The number of carbonyl (C=O) groups excluding carboxylic acids is 1. The third kappa shape index (κ3) is 4.58. The van der Waals surface area contributed by atoms with Crippen LogP contribution in [0.2, 0.25) is 0 Å². The number of pyridine rings is 2. The largest absolute Gasteiger partial charge is 0.489 e. The molecule has 4 heterocycles. The highest BCUT2D eigenvalue weighted by atomic mass is 79.9. The number of methoxy groups -OCH3 is 1. The molecule has 4 rings (SSSR count). The van der Waals surface area contributed by atoms with Crippen LogP contribution in [0.5, 0.6) is 11.6 Å².